The summed E-state index contributed by atoms with van der Waals surface area (Å²) in [4.78, 5) is 19.2. The van der Waals surface area contributed by atoms with Crippen LogP contribution in [-0.4, -0.2) is 16.1 Å². The van der Waals surface area contributed by atoms with Crippen LogP contribution < -0.4 is 16.0 Å². The fraction of sp³-hybridized carbons (Fsp3) is 0.500. The van der Waals surface area contributed by atoms with Crippen LogP contribution in [0, 0.1) is 5.92 Å². The lowest BCUT2D eigenvalue weighted by molar-refractivity contribution is 0.0811. The molecule has 0 saturated heterocycles. The summed E-state index contributed by atoms with van der Waals surface area (Å²) in [5.74, 6) is 0.547. The van der Waals surface area contributed by atoms with Gasteiger partial charge in [-0.2, -0.15) is 4.98 Å². The number of rotatable bonds is 3. The molecule has 21 heavy (non-hydrogen) atoms. The summed E-state index contributed by atoms with van der Waals surface area (Å²) in [7, 11) is 0. The Morgan fingerprint density at radius 2 is 2.19 bits per heavy atom. The first-order valence-corrected chi connectivity index (χ1v) is 7.63. The van der Waals surface area contributed by atoms with E-state index < -0.39 is 0 Å². The summed E-state index contributed by atoms with van der Waals surface area (Å²) >= 11 is 0. The molecular formula is C16H21N3O2. The molecule has 0 amide bonds. The van der Waals surface area contributed by atoms with Crippen molar-refractivity contribution >= 4 is 16.6 Å². The molecule has 5 heteroatoms. The van der Waals surface area contributed by atoms with Gasteiger partial charge >= 0.3 is 0 Å². The number of H-pyrrole nitrogens is 1. The number of aromatic amines is 1. The maximum atomic E-state index is 12.1. The minimum absolute atomic E-state index is 0.151. The average Bonchev–Trinajstić information content (AvgIpc) is 2.49. The van der Waals surface area contributed by atoms with Crippen molar-refractivity contribution in [2.45, 2.75) is 45.1 Å². The number of nitrogens with zero attached hydrogens (tertiary/aromatic N) is 1. The van der Waals surface area contributed by atoms with Crippen LogP contribution in [0.25, 0.3) is 10.9 Å². The maximum absolute atomic E-state index is 12.1. The van der Waals surface area contributed by atoms with E-state index >= 15 is 0 Å². The highest BCUT2D eigenvalue weighted by molar-refractivity contribution is 5.81. The second-order valence-corrected chi connectivity index (χ2v) is 5.76. The SMILES string of the molecule is CCC1CCCCC1Oc1nc2ccc(N)cc2c(=O)[nH]1. The highest BCUT2D eigenvalue weighted by Gasteiger charge is 2.26. The van der Waals surface area contributed by atoms with Gasteiger partial charge in [0.2, 0.25) is 0 Å². The first kappa shape index (κ1) is 13.9. The number of hydrogen-bond acceptors (Lipinski definition) is 4. The number of fused-ring (bicyclic) bond motifs is 1. The molecule has 5 nitrogen and oxygen atoms in total. The molecule has 1 heterocycles. The molecule has 0 spiro atoms. The molecule has 2 atom stereocenters. The topological polar surface area (TPSA) is 81.0 Å². The number of nitrogens with one attached hydrogen (secondary N) is 1. The number of aromatic nitrogens is 2. The Morgan fingerprint density at radius 3 is 3.00 bits per heavy atom. The highest BCUT2D eigenvalue weighted by atomic mass is 16.5. The van der Waals surface area contributed by atoms with Gasteiger partial charge in [0.1, 0.15) is 6.10 Å². The van der Waals surface area contributed by atoms with Crippen molar-refractivity contribution in [3.8, 4) is 6.01 Å². The number of nitrogen functional groups attached to an aromatic ring is 1. The van der Waals surface area contributed by atoms with Gasteiger partial charge in [0.05, 0.1) is 10.9 Å². The molecule has 112 valence electrons. The van der Waals surface area contributed by atoms with Gasteiger partial charge in [-0.25, -0.2) is 0 Å². The first-order valence-electron chi connectivity index (χ1n) is 7.63. The summed E-state index contributed by atoms with van der Waals surface area (Å²) in [5.41, 5.74) is 6.68. The van der Waals surface area contributed by atoms with E-state index in [-0.39, 0.29) is 11.7 Å². The maximum Gasteiger partial charge on any atom is 0.297 e. The van der Waals surface area contributed by atoms with Gasteiger partial charge in [-0.05, 0) is 49.8 Å². The molecule has 1 aromatic carbocycles. The molecule has 1 aliphatic rings. The Balaban J connectivity index is 1.90. The smallest absolute Gasteiger partial charge is 0.297 e. The van der Waals surface area contributed by atoms with Crippen molar-refractivity contribution in [2.24, 2.45) is 5.92 Å². The largest absolute Gasteiger partial charge is 0.461 e. The third-order valence-electron chi connectivity index (χ3n) is 4.33. The van der Waals surface area contributed by atoms with E-state index in [0.717, 1.165) is 12.8 Å². The molecule has 1 saturated carbocycles. The van der Waals surface area contributed by atoms with Gasteiger partial charge < -0.3 is 10.5 Å². The molecule has 1 aliphatic carbocycles. The van der Waals surface area contributed by atoms with Crippen LogP contribution in [0.3, 0.4) is 0 Å². The lowest BCUT2D eigenvalue weighted by atomic mass is 9.85. The lowest BCUT2D eigenvalue weighted by Crippen LogP contribution is -2.31. The fourth-order valence-corrected chi connectivity index (χ4v) is 3.13. The molecule has 1 fully saturated rings. The zero-order valence-electron chi connectivity index (χ0n) is 12.3. The third kappa shape index (κ3) is 2.86. The van der Waals surface area contributed by atoms with Gasteiger partial charge in [-0.15, -0.1) is 0 Å². The second kappa shape index (κ2) is 5.76. The van der Waals surface area contributed by atoms with Crippen LogP contribution in [0.1, 0.15) is 39.0 Å². The average molecular weight is 287 g/mol. The van der Waals surface area contributed by atoms with Crippen molar-refractivity contribution in [3.63, 3.8) is 0 Å². The van der Waals surface area contributed by atoms with E-state index in [2.05, 4.69) is 16.9 Å². The van der Waals surface area contributed by atoms with Crippen LogP contribution in [0.2, 0.25) is 0 Å². The molecule has 1 aromatic heterocycles. The Morgan fingerprint density at radius 1 is 1.38 bits per heavy atom. The lowest BCUT2D eigenvalue weighted by Gasteiger charge is -2.30. The summed E-state index contributed by atoms with van der Waals surface area (Å²) in [6.07, 6.45) is 5.91. The van der Waals surface area contributed by atoms with Crippen molar-refractivity contribution in [1.29, 1.82) is 0 Å². The van der Waals surface area contributed by atoms with Gasteiger partial charge in [0.15, 0.2) is 0 Å². The van der Waals surface area contributed by atoms with Crippen LogP contribution in [0.5, 0.6) is 6.01 Å². The van der Waals surface area contributed by atoms with E-state index in [1.165, 1.54) is 19.3 Å². The second-order valence-electron chi connectivity index (χ2n) is 5.76. The molecule has 3 N–H and O–H groups in total. The predicted octanol–water partition coefficient (Wildman–Crippen LogP) is 2.85. The van der Waals surface area contributed by atoms with Crippen molar-refractivity contribution in [2.75, 3.05) is 5.73 Å². The van der Waals surface area contributed by atoms with Crippen LogP contribution >= 0.6 is 0 Å². The number of hydrogen-bond donors (Lipinski definition) is 2. The molecule has 2 aromatic rings. The van der Waals surface area contributed by atoms with Gasteiger partial charge in [0.25, 0.3) is 11.6 Å². The quantitative estimate of drug-likeness (QED) is 0.851. The van der Waals surface area contributed by atoms with Gasteiger partial charge in [-0.3, -0.25) is 9.78 Å². The zero-order valence-corrected chi connectivity index (χ0v) is 12.3. The normalized spacial score (nSPS) is 22.3. The Labute approximate surface area is 123 Å². The Kier molecular flexibility index (Phi) is 3.82. The molecule has 3 rings (SSSR count). The van der Waals surface area contributed by atoms with Crippen molar-refractivity contribution in [1.82, 2.24) is 9.97 Å². The monoisotopic (exact) mass is 287 g/mol. The summed E-state index contributed by atoms with van der Waals surface area (Å²) in [6.45, 7) is 2.19. The summed E-state index contributed by atoms with van der Waals surface area (Å²) in [5, 5.41) is 0.498. The summed E-state index contributed by atoms with van der Waals surface area (Å²) < 4.78 is 5.98. The predicted molar refractivity (Wildman–Crippen MR) is 83.4 cm³/mol. The molecule has 2 unspecified atom stereocenters. The van der Waals surface area contributed by atoms with E-state index in [4.69, 9.17) is 10.5 Å². The Hall–Kier alpha value is -2.04. The number of nitrogens with two attached hydrogens (primary N) is 1. The van der Waals surface area contributed by atoms with Crippen LogP contribution in [0.15, 0.2) is 23.0 Å². The third-order valence-corrected chi connectivity index (χ3v) is 4.33. The fourth-order valence-electron chi connectivity index (χ4n) is 3.13. The molecular weight excluding hydrogens is 266 g/mol. The van der Waals surface area contributed by atoms with E-state index in [0.29, 0.717) is 28.5 Å². The molecule has 0 bridgehead atoms. The minimum Gasteiger partial charge on any atom is -0.461 e. The number of benzene rings is 1. The molecule has 0 radical (unpaired) electrons. The van der Waals surface area contributed by atoms with Crippen molar-refractivity contribution < 1.29 is 4.74 Å². The summed E-state index contributed by atoms with van der Waals surface area (Å²) in [6, 6.07) is 5.46. The van der Waals surface area contributed by atoms with E-state index in [1.54, 1.807) is 18.2 Å². The van der Waals surface area contributed by atoms with Gasteiger partial charge in [-0.1, -0.05) is 13.3 Å². The van der Waals surface area contributed by atoms with Crippen molar-refractivity contribution in [3.05, 3.63) is 28.6 Å². The highest BCUT2D eigenvalue weighted by Crippen LogP contribution is 2.29. The number of ether oxygens (including phenoxy) is 1. The first-order chi connectivity index (χ1) is 10.2. The standard InChI is InChI=1S/C16H21N3O2/c1-2-10-5-3-4-6-14(10)21-16-18-13-8-7-11(17)9-12(13)15(20)19-16/h7-10,14H,2-6,17H2,1H3,(H,18,19,20). The van der Waals surface area contributed by atoms with Crippen LogP contribution in [0.4, 0.5) is 5.69 Å². The van der Waals surface area contributed by atoms with E-state index in [1.807, 2.05) is 0 Å². The minimum atomic E-state index is -0.203. The van der Waals surface area contributed by atoms with Gasteiger partial charge in [0, 0.05) is 5.69 Å². The molecule has 0 aliphatic heterocycles. The number of anilines is 1. The Bertz CT molecular complexity index is 695. The van der Waals surface area contributed by atoms with E-state index in [9.17, 15) is 4.79 Å². The zero-order chi connectivity index (χ0) is 14.8. The van der Waals surface area contributed by atoms with Crippen LogP contribution in [-0.2, 0) is 0 Å².